The second-order valence-electron chi connectivity index (χ2n) is 6.39. The fourth-order valence-corrected chi connectivity index (χ4v) is 3.13. The summed E-state index contributed by atoms with van der Waals surface area (Å²) in [5.41, 5.74) is 1.15. The van der Waals surface area contributed by atoms with Gasteiger partial charge in [0.05, 0.1) is 17.7 Å². The molecule has 0 aromatic carbocycles. The van der Waals surface area contributed by atoms with Crippen molar-refractivity contribution in [3.05, 3.63) is 23.0 Å². The Morgan fingerprint density at radius 1 is 1.46 bits per heavy atom. The van der Waals surface area contributed by atoms with Crippen molar-refractivity contribution in [2.24, 2.45) is 12.0 Å². The molecule has 1 aromatic heterocycles. The molecular weight excluding hydrogens is 467 g/mol. The monoisotopic (exact) mass is 498 g/mol. The fraction of sp³-hybridized carbons (Fsp3) is 0.722. The Hall–Kier alpha value is -0.510. The third-order valence-corrected chi connectivity index (χ3v) is 4.46. The number of nitrogens with zero attached hydrogens (tertiary/aromatic N) is 3. The first-order chi connectivity index (χ1) is 12.1. The summed E-state index contributed by atoms with van der Waals surface area (Å²) in [5.74, 6) is 0.908. The molecule has 1 aliphatic rings. The lowest BCUT2D eigenvalue weighted by atomic mass is 10.1. The van der Waals surface area contributed by atoms with Crippen LogP contribution >= 0.6 is 35.6 Å². The van der Waals surface area contributed by atoms with Gasteiger partial charge in [0.25, 0.3) is 0 Å². The molecule has 0 aliphatic carbocycles. The highest BCUT2D eigenvalue weighted by Crippen LogP contribution is 2.14. The van der Waals surface area contributed by atoms with Gasteiger partial charge in [-0.3, -0.25) is 4.99 Å². The van der Waals surface area contributed by atoms with E-state index in [-0.39, 0.29) is 24.0 Å². The Bertz CT molecular complexity index is 547. The lowest BCUT2D eigenvalue weighted by molar-refractivity contribution is -0.0318. The molecule has 8 heteroatoms. The summed E-state index contributed by atoms with van der Waals surface area (Å²) in [7, 11) is 4.05. The van der Waals surface area contributed by atoms with Crippen LogP contribution in [0.25, 0.3) is 0 Å². The molecule has 1 N–H and O–H groups in total. The molecule has 6 nitrogen and oxygen atoms in total. The number of ether oxygens (including phenoxy) is 2. The quantitative estimate of drug-likeness (QED) is 0.259. The lowest BCUT2D eigenvalue weighted by Crippen LogP contribution is -2.39. The summed E-state index contributed by atoms with van der Waals surface area (Å²) < 4.78 is 13.3. The van der Waals surface area contributed by atoms with Crippen LogP contribution in [0.2, 0.25) is 5.02 Å². The van der Waals surface area contributed by atoms with Crippen LogP contribution in [0.4, 0.5) is 0 Å². The molecule has 0 unspecified atom stereocenters. The molecule has 0 spiro atoms. The number of halogens is 2. The van der Waals surface area contributed by atoms with Gasteiger partial charge in [-0.1, -0.05) is 11.6 Å². The molecular formula is C18H32ClIN4O2. The third kappa shape index (κ3) is 8.02. The zero-order valence-corrected chi connectivity index (χ0v) is 19.1. The summed E-state index contributed by atoms with van der Waals surface area (Å²) in [6.07, 6.45) is 5.22. The Kier molecular flexibility index (Phi) is 11.6. The van der Waals surface area contributed by atoms with E-state index in [9.17, 15) is 0 Å². The van der Waals surface area contributed by atoms with Gasteiger partial charge in [0.1, 0.15) is 0 Å². The van der Waals surface area contributed by atoms with Gasteiger partial charge < -0.3 is 24.3 Å². The van der Waals surface area contributed by atoms with Gasteiger partial charge in [0.2, 0.25) is 0 Å². The molecule has 1 fully saturated rings. The third-order valence-electron chi connectivity index (χ3n) is 4.26. The highest BCUT2D eigenvalue weighted by molar-refractivity contribution is 14.0. The van der Waals surface area contributed by atoms with Crippen LogP contribution in [-0.2, 0) is 23.1 Å². The molecule has 1 aliphatic heterocycles. The topological polar surface area (TPSA) is 51.0 Å². The standard InChI is InChI=1S/C18H31ClN4O2.HI/c1-4-20-18(23(3)14-16-12-15(19)13-22(16)2)21-8-5-9-25-17-6-10-24-11-7-17;/h12-13,17H,4-11,14H2,1-3H3,(H,20,21);1H. The van der Waals surface area contributed by atoms with E-state index in [1.807, 2.05) is 30.9 Å². The van der Waals surface area contributed by atoms with Crippen LogP contribution in [0.15, 0.2) is 17.3 Å². The largest absolute Gasteiger partial charge is 0.381 e. The average molecular weight is 499 g/mol. The van der Waals surface area contributed by atoms with Crippen molar-refractivity contribution < 1.29 is 9.47 Å². The van der Waals surface area contributed by atoms with E-state index in [0.717, 1.165) is 75.4 Å². The number of hydrogen-bond acceptors (Lipinski definition) is 3. The summed E-state index contributed by atoms with van der Waals surface area (Å²) in [6.45, 7) is 6.83. The minimum Gasteiger partial charge on any atom is -0.381 e. The van der Waals surface area contributed by atoms with E-state index in [4.69, 9.17) is 26.1 Å². The number of guanidine groups is 1. The molecule has 0 saturated carbocycles. The summed E-state index contributed by atoms with van der Waals surface area (Å²) in [6, 6.07) is 1.99. The first-order valence-corrected chi connectivity index (χ1v) is 9.47. The second kappa shape index (κ2) is 12.8. The van der Waals surface area contributed by atoms with Gasteiger partial charge in [-0.2, -0.15) is 0 Å². The number of aromatic nitrogens is 1. The van der Waals surface area contributed by atoms with Crippen molar-refractivity contribution in [1.82, 2.24) is 14.8 Å². The molecule has 0 amide bonds. The van der Waals surface area contributed by atoms with E-state index in [0.29, 0.717) is 6.10 Å². The molecule has 0 radical (unpaired) electrons. The normalized spacial score (nSPS) is 15.6. The van der Waals surface area contributed by atoms with Crippen LogP contribution < -0.4 is 5.32 Å². The maximum absolute atomic E-state index is 6.07. The Labute approximate surface area is 179 Å². The van der Waals surface area contributed by atoms with Crippen LogP contribution in [0.1, 0.15) is 31.9 Å². The highest BCUT2D eigenvalue weighted by atomic mass is 127. The molecule has 0 bridgehead atoms. The van der Waals surface area contributed by atoms with Gasteiger partial charge in [0, 0.05) is 58.9 Å². The average Bonchev–Trinajstić information content (AvgIpc) is 2.91. The number of aliphatic imine (C=N–C) groups is 1. The van der Waals surface area contributed by atoms with Crippen LogP contribution in [0.3, 0.4) is 0 Å². The number of hydrogen-bond donors (Lipinski definition) is 1. The zero-order chi connectivity index (χ0) is 18.1. The maximum atomic E-state index is 6.07. The van der Waals surface area contributed by atoms with Crippen molar-refractivity contribution in [3.63, 3.8) is 0 Å². The minimum absolute atomic E-state index is 0. The first kappa shape index (κ1) is 23.5. The van der Waals surface area contributed by atoms with Gasteiger partial charge in [-0.05, 0) is 32.3 Å². The van der Waals surface area contributed by atoms with Gasteiger partial charge in [0.15, 0.2) is 5.96 Å². The summed E-state index contributed by atoms with van der Waals surface area (Å²) >= 11 is 6.07. The lowest BCUT2D eigenvalue weighted by Gasteiger charge is -2.23. The van der Waals surface area contributed by atoms with Crippen molar-refractivity contribution >= 4 is 41.5 Å². The predicted octanol–water partition coefficient (Wildman–Crippen LogP) is 3.28. The van der Waals surface area contributed by atoms with Gasteiger partial charge >= 0.3 is 0 Å². The van der Waals surface area contributed by atoms with E-state index >= 15 is 0 Å². The fourth-order valence-electron chi connectivity index (χ4n) is 2.85. The van der Waals surface area contributed by atoms with Crippen LogP contribution in [0.5, 0.6) is 0 Å². The SMILES string of the molecule is CCNC(=NCCCOC1CCOCC1)N(C)Cc1cc(Cl)cn1C.I. The molecule has 1 saturated heterocycles. The van der Waals surface area contributed by atoms with Crippen LogP contribution in [0, 0.1) is 0 Å². The first-order valence-electron chi connectivity index (χ1n) is 9.09. The van der Waals surface area contributed by atoms with E-state index < -0.39 is 0 Å². The minimum atomic E-state index is 0. The number of nitrogens with one attached hydrogen (secondary N) is 1. The van der Waals surface area contributed by atoms with Crippen LogP contribution in [-0.4, -0.2) is 61.5 Å². The van der Waals surface area contributed by atoms with Crippen molar-refractivity contribution in [2.75, 3.05) is 40.0 Å². The van der Waals surface area contributed by atoms with Gasteiger partial charge in [-0.15, -0.1) is 24.0 Å². The summed E-state index contributed by atoms with van der Waals surface area (Å²) in [4.78, 5) is 6.83. The zero-order valence-electron chi connectivity index (χ0n) is 16.0. The molecule has 150 valence electrons. The Morgan fingerprint density at radius 2 is 2.19 bits per heavy atom. The molecule has 1 aromatic rings. The van der Waals surface area contributed by atoms with E-state index in [1.165, 1.54) is 0 Å². The van der Waals surface area contributed by atoms with Gasteiger partial charge in [-0.25, -0.2) is 0 Å². The number of aryl methyl sites for hydroxylation is 1. The molecule has 2 rings (SSSR count). The van der Waals surface area contributed by atoms with E-state index in [2.05, 4.69) is 17.1 Å². The molecule has 26 heavy (non-hydrogen) atoms. The van der Waals surface area contributed by atoms with Crippen molar-refractivity contribution in [3.8, 4) is 0 Å². The predicted molar refractivity (Wildman–Crippen MR) is 118 cm³/mol. The highest BCUT2D eigenvalue weighted by Gasteiger charge is 2.13. The van der Waals surface area contributed by atoms with Crippen molar-refractivity contribution in [1.29, 1.82) is 0 Å². The second-order valence-corrected chi connectivity index (χ2v) is 6.82. The maximum Gasteiger partial charge on any atom is 0.194 e. The summed E-state index contributed by atoms with van der Waals surface area (Å²) in [5, 5.41) is 4.11. The van der Waals surface area contributed by atoms with E-state index in [1.54, 1.807) is 0 Å². The Balaban J connectivity index is 0.00000338. The Morgan fingerprint density at radius 3 is 2.81 bits per heavy atom. The molecule has 2 heterocycles. The smallest absolute Gasteiger partial charge is 0.194 e. The van der Waals surface area contributed by atoms with Crippen molar-refractivity contribution in [2.45, 2.75) is 38.8 Å². The molecule has 0 atom stereocenters. The number of rotatable bonds is 8.